The third kappa shape index (κ3) is 1.22. The third-order valence-corrected chi connectivity index (χ3v) is 2.45. The molecule has 2 rings (SSSR count). The molecule has 0 fully saturated rings. The predicted molar refractivity (Wildman–Crippen MR) is 55.9 cm³/mol. The predicted octanol–water partition coefficient (Wildman–Crippen LogP) is 1.22. The van der Waals surface area contributed by atoms with Crippen LogP contribution >= 0.6 is 0 Å². The molecule has 0 spiro atoms. The number of nitrogens with two attached hydrogens (primary N) is 1. The summed E-state index contributed by atoms with van der Waals surface area (Å²) in [6.07, 6.45) is 1.31. The molecule has 3 nitrogen and oxygen atoms in total. The lowest BCUT2D eigenvalue weighted by atomic mass is 10.1. The molecule has 0 aromatic heterocycles. The molecule has 14 heavy (non-hydrogen) atoms. The average molecular weight is 188 g/mol. The second kappa shape index (κ2) is 3.27. The largest absolute Gasteiger partial charge is 0.322 e. The van der Waals surface area contributed by atoms with Gasteiger partial charge >= 0.3 is 0 Å². The maximum absolute atomic E-state index is 11.5. The number of rotatable bonds is 1. The first-order valence-corrected chi connectivity index (χ1v) is 4.52. The molecule has 72 valence electrons. The van der Waals surface area contributed by atoms with Gasteiger partial charge in [-0.15, -0.1) is 0 Å². The summed E-state index contributed by atoms with van der Waals surface area (Å²) in [6.45, 7) is 4.02. The summed E-state index contributed by atoms with van der Waals surface area (Å²) < 4.78 is 0. The Labute approximate surface area is 82.8 Å². The van der Waals surface area contributed by atoms with E-state index >= 15 is 0 Å². The lowest BCUT2D eigenvalue weighted by Crippen LogP contribution is -2.29. The Bertz CT molecular complexity index is 387. The summed E-state index contributed by atoms with van der Waals surface area (Å²) in [7, 11) is 0. The molecule has 1 aliphatic rings. The van der Waals surface area contributed by atoms with Crippen molar-refractivity contribution in [1.29, 1.82) is 0 Å². The van der Waals surface area contributed by atoms with Crippen molar-refractivity contribution in [1.82, 2.24) is 0 Å². The molecule has 1 atom stereocenters. The number of carbonyl (C=O) groups is 1. The Kier molecular flexibility index (Phi) is 2.09. The van der Waals surface area contributed by atoms with Crippen LogP contribution in [0.5, 0.6) is 0 Å². The van der Waals surface area contributed by atoms with E-state index in [9.17, 15) is 4.79 Å². The Balaban J connectivity index is 2.43. The monoisotopic (exact) mass is 188 g/mol. The van der Waals surface area contributed by atoms with Gasteiger partial charge in [0.15, 0.2) is 0 Å². The van der Waals surface area contributed by atoms with Crippen LogP contribution in [0, 0.1) is 0 Å². The first kappa shape index (κ1) is 8.97. The van der Waals surface area contributed by atoms with Crippen LogP contribution in [0.3, 0.4) is 0 Å². The number of hydrogen-bond acceptors (Lipinski definition) is 2. The highest BCUT2D eigenvalue weighted by atomic mass is 16.2. The number of amides is 1. The molecule has 1 aromatic rings. The van der Waals surface area contributed by atoms with E-state index in [-0.39, 0.29) is 11.9 Å². The topological polar surface area (TPSA) is 46.3 Å². The van der Waals surface area contributed by atoms with Crippen molar-refractivity contribution in [2.45, 2.75) is 6.04 Å². The number of fused-ring (bicyclic) bond motifs is 1. The first-order valence-electron chi connectivity index (χ1n) is 4.52. The molecule has 0 bridgehead atoms. The standard InChI is InChI=1S/C11H12N2O/c1-2-11(14)13-7-9(12)8-5-3-4-6-10(8)13/h2-6,9H,1,7,12H2. The minimum atomic E-state index is -0.0922. The van der Waals surface area contributed by atoms with Gasteiger partial charge in [0.1, 0.15) is 0 Å². The van der Waals surface area contributed by atoms with Crippen LogP contribution in [0.25, 0.3) is 0 Å². The summed E-state index contributed by atoms with van der Waals surface area (Å²) in [6, 6.07) is 7.62. The maximum atomic E-state index is 11.5. The zero-order valence-electron chi connectivity index (χ0n) is 7.81. The van der Waals surface area contributed by atoms with E-state index in [4.69, 9.17) is 5.73 Å². The summed E-state index contributed by atoms with van der Waals surface area (Å²) in [5.41, 5.74) is 7.84. The normalized spacial score (nSPS) is 19.2. The van der Waals surface area contributed by atoms with Gasteiger partial charge in [0.25, 0.3) is 0 Å². The van der Waals surface area contributed by atoms with E-state index in [0.29, 0.717) is 6.54 Å². The van der Waals surface area contributed by atoms with Gasteiger partial charge in [-0.1, -0.05) is 24.8 Å². The number of hydrogen-bond donors (Lipinski definition) is 1. The Morgan fingerprint density at radius 3 is 3.00 bits per heavy atom. The summed E-state index contributed by atoms with van der Waals surface area (Å²) in [4.78, 5) is 13.1. The second-order valence-corrected chi connectivity index (χ2v) is 3.32. The van der Waals surface area contributed by atoms with Gasteiger partial charge in [-0.05, 0) is 17.7 Å². The number of anilines is 1. The van der Waals surface area contributed by atoms with E-state index in [2.05, 4.69) is 6.58 Å². The number of nitrogens with zero attached hydrogens (tertiary/aromatic N) is 1. The molecule has 2 N–H and O–H groups in total. The fourth-order valence-electron chi connectivity index (χ4n) is 1.76. The zero-order valence-corrected chi connectivity index (χ0v) is 7.81. The van der Waals surface area contributed by atoms with Crippen LogP contribution in [-0.2, 0) is 4.79 Å². The molecule has 0 radical (unpaired) electrons. The van der Waals surface area contributed by atoms with Crippen LogP contribution in [0.15, 0.2) is 36.9 Å². The SMILES string of the molecule is C=CC(=O)N1CC(N)c2ccccc21. The third-order valence-electron chi connectivity index (χ3n) is 2.45. The molecule has 0 saturated heterocycles. The Hall–Kier alpha value is -1.61. The molecule has 1 aromatic carbocycles. The second-order valence-electron chi connectivity index (χ2n) is 3.32. The van der Waals surface area contributed by atoms with Gasteiger partial charge < -0.3 is 10.6 Å². The molecule has 0 saturated carbocycles. The molecule has 1 amide bonds. The van der Waals surface area contributed by atoms with Gasteiger partial charge in [-0.2, -0.15) is 0 Å². The quantitative estimate of drug-likeness (QED) is 0.673. The molecular formula is C11H12N2O. The van der Waals surface area contributed by atoms with E-state index in [1.54, 1.807) is 4.90 Å². The Morgan fingerprint density at radius 1 is 1.57 bits per heavy atom. The highest BCUT2D eigenvalue weighted by molar-refractivity contribution is 6.02. The number of carbonyl (C=O) groups excluding carboxylic acids is 1. The molecule has 1 heterocycles. The lowest BCUT2D eigenvalue weighted by molar-refractivity contribution is -0.114. The van der Waals surface area contributed by atoms with Crippen molar-refractivity contribution < 1.29 is 4.79 Å². The number of para-hydroxylation sites is 1. The Morgan fingerprint density at radius 2 is 2.29 bits per heavy atom. The minimum Gasteiger partial charge on any atom is -0.322 e. The van der Waals surface area contributed by atoms with Crippen LogP contribution in [0.2, 0.25) is 0 Å². The minimum absolute atomic E-state index is 0.0740. The van der Waals surface area contributed by atoms with Crippen molar-refractivity contribution in [3.05, 3.63) is 42.5 Å². The van der Waals surface area contributed by atoms with Gasteiger partial charge in [0, 0.05) is 18.3 Å². The van der Waals surface area contributed by atoms with Crippen LogP contribution in [0.1, 0.15) is 11.6 Å². The summed E-state index contributed by atoms with van der Waals surface area (Å²) in [5.74, 6) is -0.0922. The van der Waals surface area contributed by atoms with Crippen molar-refractivity contribution in [2.75, 3.05) is 11.4 Å². The van der Waals surface area contributed by atoms with E-state index in [1.165, 1.54) is 6.08 Å². The fourth-order valence-corrected chi connectivity index (χ4v) is 1.76. The van der Waals surface area contributed by atoms with Crippen molar-refractivity contribution >= 4 is 11.6 Å². The van der Waals surface area contributed by atoms with E-state index in [1.807, 2.05) is 24.3 Å². The van der Waals surface area contributed by atoms with Crippen LogP contribution in [0.4, 0.5) is 5.69 Å². The van der Waals surface area contributed by atoms with Gasteiger partial charge in [-0.3, -0.25) is 4.79 Å². The first-order chi connectivity index (χ1) is 6.74. The van der Waals surface area contributed by atoms with Gasteiger partial charge in [0.2, 0.25) is 5.91 Å². The number of benzene rings is 1. The van der Waals surface area contributed by atoms with Crippen LogP contribution in [-0.4, -0.2) is 12.5 Å². The highest BCUT2D eigenvalue weighted by Gasteiger charge is 2.28. The van der Waals surface area contributed by atoms with Gasteiger partial charge in [0.05, 0.1) is 0 Å². The van der Waals surface area contributed by atoms with Crippen molar-refractivity contribution in [3.63, 3.8) is 0 Å². The molecule has 1 unspecified atom stereocenters. The molecular weight excluding hydrogens is 176 g/mol. The van der Waals surface area contributed by atoms with E-state index < -0.39 is 0 Å². The molecule has 0 aliphatic carbocycles. The van der Waals surface area contributed by atoms with Gasteiger partial charge in [-0.25, -0.2) is 0 Å². The lowest BCUT2D eigenvalue weighted by Gasteiger charge is -2.14. The van der Waals surface area contributed by atoms with Crippen molar-refractivity contribution in [2.24, 2.45) is 5.73 Å². The van der Waals surface area contributed by atoms with E-state index in [0.717, 1.165) is 11.3 Å². The molecule has 1 aliphatic heterocycles. The zero-order chi connectivity index (χ0) is 10.1. The van der Waals surface area contributed by atoms with Crippen molar-refractivity contribution in [3.8, 4) is 0 Å². The fraction of sp³-hybridized carbons (Fsp3) is 0.182. The highest BCUT2D eigenvalue weighted by Crippen LogP contribution is 2.32. The maximum Gasteiger partial charge on any atom is 0.250 e. The average Bonchev–Trinajstić information content (AvgIpc) is 2.56. The molecule has 3 heteroatoms. The smallest absolute Gasteiger partial charge is 0.250 e. The summed E-state index contributed by atoms with van der Waals surface area (Å²) >= 11 is 0. The summed E-state index contributed by atoms with van der Waals surface area (Å²) in [5, 5.41) is 0. The van der Waals surface area contributed by atoms with Crippen LogP contribution < -0.4 is 10.6 Å².